The minimum absolute atomic E-state index is 0. The monoisotopic (exact) mass is 654 g/mol. The van der Waals surface area contributed by atoms with Crippen LogP contribution in [0.25, 0.3) is 0 Å². The van der Waals surface area contributed by atoms with E-state index in [1.165, 1.54) is 0 Å². The second-order valence-corrected chi connectivity index (χ2v) is 24.4. The Labute approximate surface area is 232 Å². The van der Waals surface area contributed by atoms with Crippen molar-refractivity contribution in [3.63, 3.8) is 0 Å². The smallest absolute Gasteiger partial charge is 0.192 e. The van der Waals surface area contributed by atoms with Gasteiger partial charge in [-0.1, -0.05) is 74.2 Å². The highest BCUT2D eigenvalue weighted by atomic mass is 79.9. The molecule has 0 fully saturated rings. The molecule has 0 saturated heterocycles. The van der Waals surface area contributed by atoms with Gasteiger partial charge in [-0.15, -0.1) is 0 Å². The number of aliphatic hydroxyl groups is 1. The molecule has 0 saturated carbocycles. The molecule has 1 N–H and O–H groups in total. The van der Waals surface area contributed by atoms with Crippen LogP contribution in [0.3, 0.4) is 0 Å². The molecule has 9 heteroatoms. The Kier molecular flexibility index (Phi) is 16.1. The number of hydrogen-bond acceptors (Lipinski definition) is 4. The van der Waals surface area contributed by atoms with Gasteiger partial charge in [0.2, 0.25) is 0 Å². The van der Waals surface area contributed by atoms with Crippen molar-refractivity contribution in [2.45, 2.75) is 98.4 Å². The van der Waals surface area contributed by atoms with Crippen molar-refractivity contribution in [2.75, 3.05) is 0 Å². The fourth-order valence-corrected chi connectivity index (χ4v) is 3.23. The SMILES string of the molecule is C.CC(C)(C)[Si](C)(C)Cl.CC(C)(C)[Si](C)(C)OCc1cccnc1Br.OCc1cccnc1Br. The lowest BCUT2D eigenvalue weighted by Gasteiger charge is -2.36. The normalized spacial score (nSPS) is 11.9. The first-order valence-electron chi connectivity index (χ1n) is 11.0. The molecule has 0 aliphatic carbocycles. The van der Waals surface area contributed by atoms with Gasteiger partial charge < -0.3 is 9.53 Å². The second-order valence-electron chi connectivity index (χ2n) is 10.8. The quantitative estimate of drug-likeness (QED) is 0.202. The Balaban J connectivity index is 0. The standard InChI is InChI=1S/C12H20BrNOSi.C6H6BrNO.C6H15ClSi.CH4/c1-12(2,3)16(4,5)15-9-10-7-6-8-14-11(10)13;7-6-5(4-9)2-1-3-8-6;1-6(2,3)8(4,5)7;/h6-8H,9H2,1-5H3;1-3,9H,4H2;1-5H3;1H4. The third kappa shape index (κ3) is 13.3. The fraction of sp³-hybridized carbons (Fsp3) is 0.600. The van der Waals surface area contributed by atoms with E-state index in [-0.39, 0.29) is 19.1 Å². The molecule has 0 bridgehead atoms. The summed E-state index contributed by atoms with van der Waals surface area (Å²) in [7, 11) is -3.05. The third-order valence-corrected chi connectivity index (χ3v) is 17.2. The number of aromatic nitrogens is 2. The summed E-state index contributed by atoms with van der Waals surface area (Å²) in [4.78, 5) is 8.10. The van der Waals surface area contributed by atoms with E-state index in [0.29, 0.717) is 16.2 Å². The van der Waals surface area contributed by atoms with Crippen molar-refractivity contribution in [3.05, 3.63) is 57.0 Å². The maximum Gasteiger partial charge on any atom is 0.192 e. The molecule has 0 atom stereocenters. The molecule has 0 spiro atoms. The van der Waals surface area contributed by atoms with Gasteiger partial charge >= 0.3 is 0 Å². The Morgan fingerprint density at radius 3 is 1.50 bits per heavy atom. The Morgan fingerprint density at radius 1 is 0.853 bits per heavy atom. The molecule has 0 aliphatic heterocycles. The van der Waals surface area contributed by atoms with Gasteiger partial charge in [-0.05, 0) is 67.2 Å². The van der Waals surface area contributed by atoms with Crippen LogP contribution in [0.2, 0.25) is 36.3 Å². The van der Waals surface area contributed by atoms with E-state index in [9.17, 15) is 0 Å². The summed E-state index contributed by atoms with van der Waals surface area (Å²) in [5, 5.41) is 9.24. The predicted molar refractivity (Wildman–Crippen MR) is 162 cm³/mol. The van der Waals surface area contributed by atoms with Crippen LogP contribution in [0.4, 0.5) is 0 Å². The van der Waals surface area contributed by atoms with Crippen LogP contribution >= 0.6 is 42.9 Å². The number of rotatable bonds is 4. The summed E-state index contributed by atoms with van der Waals surface area (Å²) >= 11 is 12.8. The highest BCUT2D eigenvalue weighted by Crippen LogP contribution is 2.38. The van der Waals surface area contributed by atoms with Crippen molar-refractivity contribution in [1.82, 2.24) is 9.97 Å². The molecule has 2 rings (SSSR count). The van der Waals surface area contributed by atoms with Gasteiger partial charge in [0.1, 0.15) is 9.21 Å². The number of pyridine rings is 2. The second kappa shape index (κ2) is 15.2. The van der Waals surface area contributed by atoms with Crippen molar-refractivity contribution in [1.29, 1.82) is 0 Å². The highest BCUT2D eigenvalue weighted by Gasteiger charge is 2.37. The zero-order valence-corrected chi connectivity index (χ0v) is 27.7. The molecule has 0 aromatic carbocycles. The van der Waals surface area contributed by atoms with Crippen LogP contribution in [-0.4, -0.2) is 30.8 Å². The molecule has 34 heavy (non-hydrogen) atoms. The lowest BCUT2D eigenvalue weighted by atomic mass is 10.2. The van der Waals surface area contributed by atoms with Crippen LogP contribution in [-0.2, 0) is 17.6 Å². The largest absolute Gasteiger partial charge is 0.412 e. The van der Waals surface area contributed by atoms with Crippen molar-refractivity contribution >= 4 is 58.6 Å². The first kappa shape index (κ1) is 36.1. The summed E-state index contributed by atoms with van der Waals surface area (Å²) < 4.78 is 7.73. The molecular weight excluding hydrogens is 612 g/mol. The van der Waals surface area contributed by atoms with E-state index in [1.807, 2.05) is 18.2 Å². The predicted octanol–water partition coefficient (Wildman–Crippen LogP) is 9.57. The van der Waals surface area contributed by atoms with Gasteiger partial charge in [-0.25, -0.2) is 9.97 Å². The maximum atomic E-state index is 8.65. The third-order valence-electron chi connectivity index (χ3n) is 6.02. The summed E-state index contributed by atoms with van der Waals surface area (Å²) in [6.07, 6.45) is 3.45. The van der Waals surface area contributed by atoms with Crippen LogP contribution in [0.15, 0.2) is 45.9 Å². The highest BCUT2D eigenvalue weighted by molar-refractivity contribution is 9.10. The number of aliphatic hydroxyl groups excluding tert-OH is 1. The lowest BCUT2D eigenvalue weighted by Crippen LogP contribution is -2.40. The molecule has 0 unspecified atom stereocenters. The van der Waals surface area contributed by atoms with Gasteiger partial charge in [0, 0.05) is 23.5 Å². The molecular formula is C25H45Br2ClN2O2Si2. The van der Waals surface area contributed by atoms with Crippen molar-refractivity contribution in [2.24, 2.45) is 0 Å². The average molecular weight is 657 g/mol. The zero-order valence-electron chi connectivity index (χ0n) is 21.8. The van der Waals surface area contributed by atoms with Crippen LogP contribution < -0.4 is 0 Å². The minimum Gasteiger partial charge on any atom is -0.412 e. The van der Waals surface area contributed by atoms with E-state index in [4.69, 9.17) is 20.6 Å². The fourth-order valence-electron chi connectivity index (χ4n) is 1.54. The van der Waals surface area contributed by atoms with E-state index in [0.717, 1.165) is 15.7 Å². The maximum absolute atomic E-state index is 8.65. The van der Waals surface area contributed by atoms with Gasteiger partial charge in [0.05, 0.1) is 13.2 Å². The number of hydrogen-bond donors (Lipinski definition) is 1. The molecule has 0 radical (unpaired) electrons. The first-order chi connectivity index (χ1) is 14.8. The number of nitrogens with zero attached hydrogens (tertiary/aromatic N) is 2. The molecule has 196 valence electrons. The Morgan fingerprint density at radius 2 is 1.24 bits per heavy atom. The van der Waals surface area contributed by atoms with E-state index >= 15 is 0 Å². The summed E-state index contributed by atoms with van der Waals surface area (Å²) in [5.74, 6) is 0. The Hall–Kier alpha value is -0.0962. The Bertz CT molecular complexity index is 838. The van der Waals surface area contributed by atoms with E-state index in [1.54, 1.807) is 18.5 Å². The summed E-state index contributed by atoms with van der Waals surface area (Å²) in [6, 6.07) is 7.59. The minimum atomic E-state index is -1.66. The zero-order chi connectivity index (χ0) is 26.1. The van der Waals surface area contributed by atoms with Crippen LogP contribution in [0.5, 0.6) is 0 Å². The van der Waals surface area contributed by atoms with Gasteiger partial charge in [-0.2, -0.15) is 11.1 Å². The first-order valence-corrected chi connectivity index (χ1v) is 19.5. The molecule has 0 aliphatic rings. The van der Waals surface area contributed by atoms with Gasteiger partial charge in [0.15, 0.2) is 15.7 Å². The lowest BCUT2D eigenvalue weighted by molar-refractivity contribution is 0.275. The molecule has 4 nitrogen and oxygen atoms in total. The summed E-state index contributed by atoms with van der Waals surface area (Å²) in [5.41, 5.74) is 1.94. The van der Waals surface area contributed by atoms with Crippen LogP contribution in [0.1, 0.15) is 60.1 Å². The molecule has 2 aromatic heterocycles. The molecule has 2 heterocycles. The van der Waals surface area contributed by atoms with E-state index in [2.05, 4.69) is 110 Å². The average Bonchev–Trinajstić information content (AvgIpc) is 2.66. The van der Waals surface area contributed by atoms with Crippen LogP contribution in [0, 0.1) is 0 Å². The number of halogens is 3. The van der Waals surface area contributed by atoms with E-state index < -0.39 is 15.7 Å². The topological polar surface area (TPSA) is 55.2 Å². The molecule has 0 amide bonds. The van der Waals surface area contributed by atoms with Gasteiger partial charge in [0.25, 0.3) is 0 Å². The molecule has 2 aromatic rings. The van der Waals surface area contributed by atoms with Gasteiger partial charge in [-0.3, -0.25) is 0 Å². The van der Waals surface area contributed by atoms with Crippen molar-refractivity contribution < 1.29 is 9.53 Å². The van der Waals surface area contributed by atoms with Crippen molar-refractivity contribution in [3.8, 4) is 0 Å². The summed E-state index contributed by atoms with van der Waals surface area (Å²) in [6.45, 7) is 22.9.